The Labute approximate surface area is 257 Å². The maximum absolute atomic E-state index is 11.7. The highest BCUT2D eigenvalue weighted by atomic mass is 32.2. The molecule has 0 aliphatic carbocycles. The molecule has 3 rings (SSSR count). The standard InChI is InChI=1S/C31H38N2O10S/c1-4-40-30(36)19-42-24-11-6-21(7-12-24)26(22-8-13-25(14-9-22)43-20-31(37)41-5-2)17-32-28(18-34)23-10-15-29(35)27(16-23)33-44(3,38)39/h6-16,26,28,32-35H,4-5,17-20H2,1-3H3. The third-order valence-electron chi connectivity index (χ3n) is 6.36. The highest BCUT2D eigenvalue weighted by molar-refractivity contribution is 7.92. The number of aliphatic hydroxyl groups is 1. The number of aromatic hydroxyl groups is 1. The van der Waals surface area contributed by atoms with Crippen LogP contribution in [0.1, 0.15) is 42.5 Å². The van der Waals surface area contributed by atoms with Gasteiger partial charge in [-0.05, 0) is 66.9 Å². The summed E-state index contributed by atoms with van der Waals surface area (Å²) in [5.74, 6) is -0.456. The summed E-state index contributed by atoms with van der Waals surface area (Å²) >= 11 is 0. The second-order valence-corrected chi connectivity index (χ2v) is 11.4. The van der Waals surface area contributed by atoms with Crippen molar-refractivity contribution in [2.24, 2.45) is 0 Å². The fourth-order valence-corrected chi connectivity index (χ4v) is 4.87. The maximum atomic E-state index is 11.7. The van der Waals surface area contributed by atoms with E-state index in [2.05, 4.69) is 10.0 Å². The normalized spacial score (nSPS) is 11.9. The monoisotopic (exact) mass is 630 g/mol. The lowest BCUT2D eigenvalue weighted by Gasteiger charge is -2.24. The van der Waals surface area contributed by atoms with Gasteiger partial charge in [-0.15, -0.1) is 0 Å². The third kappa shape index (κ3) is 10.7. The van der Waals surface area contributed by atoms with Gasteiger partial charge < -0.3 is 34.5 Å². The van der Waals surface area contributed by atoms with Crippen molar-refractivity contribution in [1.29, 1.82) is 0 Å². The number of phenols is 1. The molecular weight excluding hydrogens is 592 g/mol. The number of rotatable bonds is 17. The summed E-state index contributed by atoms with van der Waals surface area (Å²) in [7, 11) is -3.64. The molecule has 0 aliphatic heterocycles. The zero-order chi connectivity index (χ0) is 32.1. The van der Waals surface area contributed by atoms with Gasteiger partial charge in [-0.1, -0.05) is 30.3 Å². The fraction of sp³-hybridized carbons (Fsp3) is 0.355. The van der Waals surface area contributed by atoms with E-state index in [0.717, 1.165) is 17.4 Å². The van der Waals surface area contributed by atoms with Crippen LogP contribution in [0.15, 0.2) is 66.7 Å². The van der Waals surface area contributed by atoms with Crippen LogP contribution in [-0.2, 0) is 29.1 Å². The molecule has 4 N–H and O–H groups in total. The molecule has 12 nitrogen and oxygen atoms in total. The van der Waals surface area contributed by atoms with Gasteiger partial charge in [0, 0.05) is 12.5 Å². The predicted octanol–water partition coefficient (Wildman–Crippen LogP) is 3.10. The SMILES string of the molecule is CCOC(=O)COc1ccc(C(CNC(CO)c2ccc(O)c(NS(C)(=O)=O)c2)c2ccc(OCC(=O)OCC)cc2)cc1. The molecule has 0 amide bonds. The molecule has 1 atom stereocenters. The number of carbonyl (C=O) groups excluding carboxylic acids is 2. The Balaban J connectivity index is 1.83. The molecule has 13 heteroatoms. The lowest BCUT2D eigenvalue weighted by atomic mass is 9.90. The van der Waals surface area contributed by atoms with Crippen molar-refractivity contribution in [2.45, 2.75) is 25.8 Å². The van der Waals surface area contributed by atoms with E-state index >= 15 is 0 Å². The largest absolute Gasteiger partial charge is 0.506 e. The van der Waals surface area contributed by atoms with E-state index in [4.69, 9.17) is 18.9 Å². The van der Waals surface area contributed by atoms with Crippen molar-refractivity contribution < 1.29 is 47.2 Å². The number of ether oxygens (including phenoxy) is 4. The number of hydrogen-bond acceptors (Lipinski definition) is 11. The lowest BCUT2D eigenvalue weighted by Crippen LogP contribution is -2.29. The Hall–Kier alpha value is -4.33. The van der Waals surface area contributed by atoms with Crippen molar-refractivity contribution in [1.82, 2.24) is 5.32 Å². The number of anilines is 1. The first-order chi connectivity index (χ1) is 21.0. The average Bonchev–Trinajstić information content (AvgIpc) is 2.99. The molecule has 238 valence electrons. The maximum Gasteiger partial charge on any atom is 0.344 e. The number of sulfonamides is 1. The first-order valence-corrected chi connectivity index (χ1v) is 15.8. The van der Waals surface area contributed by atoms with Gasteiger partial charge in [0.2, 0.25) is 10.0 Å². The molecule has 0 aromatic heterocycles. The molecule has 0 bridgehead atoms. The minimum Gasteiger partial charge on any atom is -0.506 e. The highest BCUT2D eigenvalue weighted by Crippen LogP contribution is 2.31. The van der Waals surface area contributed by atoms with Gasteiger partial charge >= 0.3 is 11.9 Å². The Kier molecular flexibility index (Phi) is 12.8. The molecule has 0 saturated carbocycles. The van der Waals surface area contributed by atoms with E-state index < -0.39 is 28.0 Å². The van der Waals surface area contributed by atoms with E-state index in [-0.39, 0.29) is 50.4 Å². The summed E-state index contributed by atoms with van der Waals surface area (Å²) in [6.07, 6.45) is 0.978. The van der Waals surface area contributed by atoms with Crippen molar-refractivity contribution in [3.8, 4) is 17.2 Å². The quantitative estimate of drug-likeness (QED) is 0.128. The zero-order valence-corrected chi connectivity index (χ0v) is 25.6. The molecule has 1 unspecified atom stereocenters. The van der Waals surface area contributed by atoms with Gasteiger partial charge in [0.05, 0.1) is 37.8 Å². The van der Waals surface area contributed by atoms with Crippen LogP contribution in [0.3, 0.4) is 0 Å². The van der Waals surface area contributed by atoms with Crippen LogP contribution in [-0.4, -0.2) is 76.4 Å². The number of benzene rings is 3. The predicted molar refractivity (Wildman–Crippen MR) is 163 cm³/mol. The summed E-state index contributed by atoms with van der Waals surface area (Å²) in [5.41, 5.74) is 2.34. The van der Waals surface area contributed by atoms with Gasteiger partial charge in [0.1, 0.15) is 17.2 Å². The van der Waals surface area contributed by atoms with Crippen LogP contribution in [0.2, 0.25) is 0 Å². The summed E-state index contributed by atoms with van der Waals surface area (Å²) in [5, 5.41) is 23.7. The number of aliphatic hydroxyl groups excluding tert-OH is 1. The molecule has 44 heavy (non-hydrogen) atoms. The molecule has 3 aromatic rings. The Morgan fingerprint density at radius 1 is 0.795 bits per heavy atom. The molecule has 3 aromatic carbocycles. The summed E-state index contributed by atoms with van der Waals surface area (Å²) < 4.78 is 46.6. The van der Waals surface area contributed by atoms with Crippen LogP contribution in [0, 0.1) is 0 Å². The van der Waals surface area contributed by atoms with Gasteiger partial charge in [-0.3, -0.25) is 4.72 Å². The van der Waals surface area contributed by atoms with Gasteiger partial charge in [-0.2, -0.15) is 0 Å². The minimum absolute atomic E-state index is 0.00128. The van der Waals surface area contributed by atoms with Crippen molar-refractivity contribution in [3.05, 3.63) is 83.4 Å². The van der Waals surface area contributed by atoms with E-state index in [1.807, 2.05) is 24.3 Å². The second-order valence-electron chi connectivity index (χ2n) is 9.67. The topological polar surface area (TPSA) is 170 Å². The lowest BCUT2D eigenvalue weighted by molar-refractivity contribution is -0.146. The van der Waals surface area contributed by atoms with Crippen LogP contribution in [0.25, 0.3) is 0 Å². The van der Waals surface area contributed by atoms with E-state index in [1.165, 1.54) is 12.1 Å². The molecule has 0 saturated heterocycles. The van der Waals surface area contributed by atoms with Gasteiger partial charge in [-0.25, -0.2) is 18.0 Å². The first kappa shape index (κ1) is 34.2. The van der Waals surface area contributed by atoms with Crippen LogP contribution >= 0.6 is 0 Å². The smallest absolute Gasteiger partial charge is 0.344 e. The van der Waals surface area contributed by atoms with Crippen LogP contribution in [0.4, 0.5) is 5.69 Å². The highest BCUT2D eigenvalue weighted by Gasteiger charge is 2.20. The van der Waals surface area contributed by atoms with Crippen LogP contribution in [0.5, 0.6) is 17.2 Å². The molecule has 0 fully saturated rings. The molecule has 0 radical (unpaired) electrons. The molecule has 0 spiro atoms. The Bertz CT molecular complexity index is 1410. The zero-order valence-electron chi connectivity index (χ0n) is 24.8. The number of hydrogen-bond donors (Lipinski definition) is 4. The molecule has 0 aliphatic rings. The summed E-state index contributed by atoms with van der Waals surface area (Å²) in [6, 6.07) is 18.2. The number of nitrogens with one attached hydrogen (secondary N) is 2. The van der Waals surface area contributed by atoms with E-state index in [9.17, 15) is 28.2 Å². The van der Waals surface area contributed by atoms with E-state index in [1.54, 1.807) is 44.2 Å². The van der Waals surface area contributed by atoms with E-state index in [0.29, 0.717) is 23.6 Å². The first-order valence-electron chi connectivity index (χ1n) is 13.9. The Morgan fingerprint density at radius 3 is 1.70 bits per heavy atom. The Morgan fingerprint density at radius 2 is 1.27 bits per heavy atom. The molecule has 0 heterocycles. The van der Waals surface area contributed by atoms with Gasteiger partial charge in [0.25, 0.3) is 0 Å². The van der Waals surface area contributed by atoms with Crippen molar-refractivity contribution in [2.75, 3.05) is 50.6 Å². The number of carbonyl (C=O) groups is 2. The van der Waals surface area contributed by atoms with Crippen LogP contribution < -0.4 is 19.5 Å². The minimum atomic E-state index is -3.64. The van der Waals surface area contributed by atoms with Crippen molar-refractivity contribution in [3.63, 3.8) is 0 Å². The third-order valence-corrected chi connectivity index (χ3v) is 6.95. The van der Waals surface area contributed by atoms with Gasteiger partial charge in [0.15, 0.2) is 13.2 Å². The summed E-state index contributed by atoms with van der Waals surface area (Å²) in [4.78, 5) is 23.3. The number of phenolic OH excluding ortho intramolecular Hbond substituents is 1. The number of esters is 2. The fourth-order valence-electron chi connectivity index (χ4n) is 4.31. The molecular formula is C31H38N2O10S. The summed E-state index contributed by atoms with van der Waals surface area (Å²) in [6.45, 7) is 3.56. The average molecular weight is 631 g/mol. The second kappa shape index (κ2) is 16.5. The van der Waals surface area contributed by atoms with Crippen molar-refractivity contribution >= 4 is 27.6 Å².